The second kappa shape index (κ2) is 4.82. The van der Waals surface area contributed by atoms with Gasteiger partial charge in [-0.3, -0.25) is 14.9 Å². The van der Waals surface area contributed by atoms with E-state index in [9.17, 15) is 14.9 Å². The highest BCUT2D eigenvalue weighted by Crippen LogP contribution is 2.25. The van der Waals surface area contributed by atoms with E-state index in [-0.39, 0.29) is 11.2 Å². The third-order valence-corrected chi connectivity index (χ3v) is 3.30. The molecule has 3 rings (SSSR count). The number of H-pyrrole nitrogens is 1. The fourth-order valence-corrected chi connectivity index (χ4v) is 2.19. The number of nitrogens with zero attached hydrogens (tertiary/aromatic N) is 2. The van der Waals surface area contributed by atoms with E-state index in [0.29, 0.717) is 22.3 Å². The number of aromatic nitrogens is 2. The molecular weight excluding hydrogens is 270 g/mol. The Kier molecular flexibility index (Phi) is 2.98. The van der Waals surface area contributed by atoms with Gasteiger partial charge in [0.2, 0.25) is 0 Å². The van der Waals surface area contributed by atoms with Crippen LogP contribution < -0.4 is 5.56 Å². The number of rotatable bonds is 2. The molecule has 21 heavy (non-hydrogen) atoms. The Hall–Kier alpha value is -3.02. The van der Waals surface area contributed by atoms with Crippen molar-refractivity contribution < 1.29 is 4.92 Å². The smallest absolute Gasteiger partial charge is 0.270 e. The highest BCUT2D eigenvalue weighted by Gasteiger charge is 2.13. The van der Waals surface area contributed by atoms with Crippen LogP contribution >= 0.6 is 0 Å². The van der Waals surface area contributed by atoms with E-state index in [1.54, 1.807) is 30.3 Å². The molecule has 1 N–H and O–H groups in total. The Bertz CT molecular complexity index is 915. The molecule has 6 heteroatoms. The molecule has 2 aromatic carbocycles. The average molecular weight is 281 g/mol. The standard InChI is InChI=1S/C15H11N3O3/c1-9-6-7-10(18(20)21)8-12(9)14-16-13-5-3-2-4-11(13)15(19)17-14/h2-8H,1H3,(H,16,17,19). The van der Waals surface area contributed by atoms with E-state index in [1.165, 1.54) is 12.1 Å². The fourth-order valence-electron chi connectivity index (χ4n) is 2.19. The number of aromatic amines is 1. The van der Waals surface area contributed by atoms with Crippen LogP contribution in [-0.2, 0) is 0 Å². The molecular formula is C15H11N3O3. The summed E-state index contributed by atoms with van der Waals surface area (Å²) in [6, 6.07) is 11.5. The van der Waals surface area contributed by atoms with E-state index >= 15 is 0 Å². The number of nitrogens with one attached hydrogen (secondary N) is 1. The fraction of sp³-hybridized carbons (Fsp3) is 0.0667. The minimum atomic E-state index is -0.470. The van der Waals surface area contributed by atoms with Gasteiger partial charge >= 0.3 is 0 Å². The van der Waals surface area contributed by atoms with Crippen LogP contribution in [0.15, 0.2) is 47.3 Å². The number of fused-ring (bicyclic) bond motifs is 1. The van der Waals surface area contributed by atoms with Crippen LogP contribution in [0.25, 0.3) is 22.3 Å². The monoisotopic (exact) mass is 281 g/mol. The van der Waals surface area contributed by atoms with Crippen molar-refractivity contribution in [3.05, 3.63) is 68.5 Å². The molecule has 1 heterocycles. The van der Waals surface area contributed by atoms with Crippen LogP contribution in [0.5, 0.6) is 0 Å². The third kappa shape index (κ3) is 2.27. The van der Waals surface area contributed by atoms with Gasteiger partial charge in [0.05, 0.1) is 15.8 Å². The number of hydrogen-bond acceptors (Lipinski definition) is 4. The SMILES string of the molecule is Cc1ccc([N+](=O)[O-])cc1-c1nc2ccccc2c(=O)[nH]1. The van der Waals surface area contributed by atoms with Crippen LogP contribution in [0.1, 0.15) is 5.56 Å². The predicted molar refractivity (Wildman–Crippen MR) is 79.2 cm³/mol. The molecule has 0 atom stereocenters. The van der Waals surface area contributed by atoms with Crippen molar-refractivity contribution >= 4 is 16.6 Å². The number of non-ortho nitro benzene ring substituents is 1. The first-order valence-electron chi connectivity index (χ1n) is 6.31. The van der Waals surface area contributed by atoms with E-state index in [2.05, 4.69) is 9.97 Å². The minimum absolute atomic E-state index is 0.0357. The van der Waals surface area contributed by atoms with Crippen molar-refractivity contribution in [1.29, 1.82) is 0 Å². The first kappa shape index (κ1) is 13.0. The van der Waals surface area contributed by atoms with Crippen molar-refractivity contribution in [2.45, 2.75) is 6.92 Å². The van der Waals surface area contributed by atoms with Gasteiger partial charge in [-0.1, -0.05) is 18.2 Å². The number of nitro groups is 1. The Balaban J connectivity index is 2.28. The van der Waals surface area contributed by atoms with Gasteiger partial charge in [0.25, 0.3) is 11.2 Å². The summed E-state index contributed by atoms with van der Waals surface area (Å²) in [4.78, 5) is 29.6. The van der Waals surface area contributed by atoms with Crippen LogP contribution in [0.3, 0.4) is 0 Å². The topological polar surface area (TPSA) is 88.9 Å². The Morgan fingerprint density at radius 2 is 1.95 bits per heavy atom. The number of aryl methyl sites for hydroxylation is 1. The third-order valence-electron chi connectivity index (χ3n) is 3.30. The van der Waals surface area contributed by atoms with Gasteiger partial charge < -0.3 is 4.98 Å². The van der Waals surface area contributed by atoms with Crippen molar-refractivity contribution in [2.75, 3.05) is 0 Å². The molecule has 0 saturated carbocycles. The molecule has 0 radical (unpaired) electrons. The van der Waals surface area contributed by atoms with Crippen LogP contribution in [0.2, 0.25) is 0 Å². The molecule has 0 bridgehead atoms. The largest absolute Gasteiger partial charge is 0.306 e. The van der Waals surface area contributed by atoms with Crippen molar-refractivity contribution in [2.24, 2.45) is 0 Å². The van der Waals surface area contributed by atoms with E-state index in [4.69, 9.17) is 0 Å². The van der Waals surface area contributed by atoms with Crippen molar-refractivity contribution in [3.63, 3.8) is 0 Å². The summed E-state index contributed by atoms with van der Waals surface area (Å²) in [5.41, 5.74) is 1.61. The van der Waals surface area contributed by atoms with Gasteiger partial charge in [-0.05, 0) is 24.6 Å². The molecule has 0 fully saturated rings. The molecule has 0 aliphatic rings. The average Bonchev–Trinajstić information content (AvgIpc) is 2.47. The lowest BCUT2D eigenvalue weighted by Gasteiger charge is -2.06. The number of nitro benzene ring substituents is 1. The van der Waals surface area contributed by atoms with Gasteiger partial charge in [-0.15, -0.1) is 0 Å². The van der Waals surface area contributed by atoms with Crippen molar-refractivity contribution in [3.8, 4) is 11.4 Å². The molecule has 1 aromatic heterocycles. The summed E-state index contributed by atoms with van der Waals surface area (Å²) < 4.78 is 0. The van der Waals surface area contributed by atoms with E-state index < -0.39 is 4.92 Å². The normalized spacial score (nSPS) is 10.7. The highest BCUT2D eigenvalue weighted by molar-refractivity contribution is 5.79. The molecule has 0 spiro atoms. The van der Waals surface area contributed by atoms with E-state index in [0.717, 1.165) is 5.56 Å². The Morgan fingerprint density at radius 1 is 1.19 bits per heavy atom. The lowest BCUT2D eigenvalue weighted by molar-refractivity contribution is -0.384. The predicted octanol–water partition coefficient (Wildman–Crippen LogP) is 2.81. The van der Waals surface area contributed by atoms with Gasteiger partial charge in [0, 0.05) is 17.7 Å². The molecule has 0 saturated heterocycles. The van der Waals surface area contributed by atoms with Gasteiger partial charge in [-0.2, -0.15) is 0 Å². The molecule has 104 valence electrons. The summed E-state index contributed by atoms with van der Waals surface area (Å²) >= 11 is 0. The maximum absolute atomic E-state index is 12.1. The Labute approximate surface area is 119 Å². The number of para-hydroxylation sites is 1. The summed E-state index contributed by atoms with van der Waals surface area (Å²) in [6.07, 6.45) is 0. The summed E-state index contributed by atoms with van der Waals surface area (Å²) in [5.74, 6) is 0.333. The van der Waals surface area contributed by atoms with Gasteiger partial charge in [-0.25, -0.2) is 4.98 Å². The maximum atomic E-state index is 12.1. The molecule has 6 nitrogen and oxygen atoms in total. The Morgan fingerprint density at radius 3 is 2.71 bits per heavy atom. The van der Waals surface area contributed by atoms with Crippen LogP contribution in [-0.4, -0.2) is 14.9 Å². The molecule has 0 amide bonds. The lowest BCUT2D eigenvalue weighted by Crippen LogP contribution is -2.09. The molecule has 0 unspecified atom stereocenters. The van der Waals surface area contributed by atoms with Crippen LogP contribution in [0.4, 0.5) is 5.69 Å². The molecule has 0 aliphatic carbocycles. The van der Waals surface area contributed by atoms with E-state index in [1.807, 2.05) is 6.92 Å². The first-order chi connectivity index (χ1) is 10.1. The number of benzene rings is 2. The second-order valence-electron chi connectivity index (χ2n) is 4.69. The summed E-state index contributed by atoms with van der Waals surface area (Å²) in [6.45, 7) is 1.81. The zero-order chi connectivity index (χ0) is 15.0. The van der Waals surface area contributed by atoms with Crippen LogP contribution in [0, 0.1) is 17.0 Å². The summed E-state index contributed by atoms with van der Waals surface area (Å²) in [7, 11) is 0. The quantitative estimate of drug-likeness (QED) is 0.577. The highest BCUT2D eigenvalue weighted by atomic mass is 16.6. The zero-order valence-corrected chi connectivity index (χ0v) is 11.2. The lowest BCUT2D eigenvalue weighted by atomic mass is 10.1. The molecule has 3 aromatic rings. The van der Waals surface area contributed by atoms with Gasteiger partial charge in [0.15, 0.2) is 0 Å². The summed E-state index contributed by atoms with van der Waals surface area (Å²) in [5, 5.41) is 11.4. The van der Waals surface area contributed by atoms with Crippen molar-refractivity contribution in [1.82, 2.24) is 9.97 Å². The first-order valence-corrected chi connectivity index (χ1v) is 6.31. The maximum Gasteiger partial charge on any atom is 0.270 e. The number of hydrogen-bond donors (Lipinski definition) is 1. The molecule has 0 aliphatic heterocycles. The minimum Gasteiger partial charge on any atom is -0.306 e. The second-order valence-corrected chi connectivity index (χ2v) is 4.69. The zero-order valence-electron chi connectivity index (χ0n) is 11.2. The van der Waals surface area contributed by atoms with Gasteiger partial charge in [0.1, 0.15) is 5.82 Å².